The van der Waals surface area contributed by atoms with Crippen LogP contribution in [0.5, 0.6) is 0 Å². The van der Waals surface area contributed by atoms with Crippen molar-refractivity contribution >= 4 is 11.9 Å². The standard InChI is InChI=1S/C17H17NO3/c1-21-17(20)16(19)18(12-14-8-4-2-5-9-14)13-15-10-6-3-7-11-15/h2-11H,12-13H2,1H3. The van der Waals surface area contributed by atoms with Crippen molar-refractivity contribution in [2.75, 3.05) is 7.11 Å². The first-order valence-electron chi connectivity index (χ1n) is 6.66. The highest BCUT2D eigenvalue weighted by molar-refractivity contribution is 6.32. The number of carbonyl (C=O) groups is 2. The van der Waals surface area contributed by atoms with Crippen LogP contribution in [0.4, 0.5) is 0 Å². The van der Waals surface area contributed by atoms with Crippen molar-refractivity contribution in [1.29, 1.82) is 0 Å². The molecule has 0 radical (unpaired) electrons. The van der Waals surface area contributed by atoms with Crippen LogP contribution in [0.15, 0.2) is 60.7 Å². The quantitative estimate of drug-likeness (QED) is 0.639. The summed E-state index contributed by atoms with van der Waals surface area (Å²) in [5.74, 6) is -1.48. The van der Waals surface area contributed by atoms with E-state index < -0.39 is 11.9 Å². The molecule has 0 bridgehead atoms. The molecule has 2 aromatic rings. The first-order valence-corrected chi connectivity index (χ1v) is 6.66. The lowest BCUT2D eigenvalue weighted by molar-refractivity contribution is -0.158. The minimum absolute atomic E-state index is 0.365. The first kappa shape index (κ1) is 14.8. The van der Waals surface area contributed by atoms with Crippen LogP contribution in [0.25, 0.3) is 0 Å². The highest BCUT2D eigenvalue weighted by Gasteiger charge is 2.22. The molecule has 0 heterocycles. The predicted octanol–water partition coefficient (Wildman–Crippen LogP) is 2.39. The van der Waals surface area contributed by atoms with Crippen LogP contribution >= 0.6 is 0 Å². The number of ether oxygens (including phenoxy) is 1. The van der Waals surface area contributed by atoms with E-state index in [9.17, 15) is 9.59 Å². The fourth-order valence-electron chi connectivity index (χ4n) is 2.02. The molecule has 0 aromatic heterocycles. The van der Waals surface area contributed by atoms with Gasteiger partial charge >= 0.3 is 11.9 Å². The van der Waals surface area contributed by atoms with E-state index in [1.165, 1.54) is 12.0 Å². The number of nitrogens with zero attached hydrogens (tertiary/aromatic N) is 1. The van der Waals surface area contributed by atoms with Crippen LogP contribution in [0.2, 0.25) is 0 Å². The molecule has 0 saturated carbocycles. The van der Waals surface area contributed by atoms with E-state index in [-0.39, 0.29) is 0 Å². The molecule has 0 N–H and O–H groups in total. The summed E-state index contributed by atoms with van der Waals surface area (Å²) in [6.07, 6.45) is 0. The maximum atomic E-state index is 12.1. The molecule has 2 rings (SSSR count). The number of benzene rings is 2. The zero-order valence-electron chi connectivity index (χ0n) is 11.9. The minimum atomic E-state index is -0.845. The van der Waals surface area contributed by atoms with Gasteiger partial charge in [-0.25, -0.2) is 4.79 Å². The molecule has 1 amide bonds. The highest BCUT2D eigenvalue weighted by Crippen LogP contribution is 2.10. The summed E-state index contributed by atoms with van der Waals surface area (Å²) in [5, 5.41) is 0. The Bertz CT molecular complexity index is 554. The summed E-state index contributed by atoms with van der Waals surface area (Å²) in [6.45, 7) is 0.729. The molecule has 108 valence electrons. The molecule has 0 aliphatic rings. The normalized spacial score (nSPS) is 9.95. The number of amides is 1. The minimum Gasteiger partial charge on any atom is -0.462 e. The number of rotatable bonds is 4. The van der Waals surface area contributed by atoms with Gasteiger partial charge in [-0.2, -0.15) is 0 Å². The molecule has 0 atom stereocenters. The number of hydrogen-bond acceptors (Lipinski definition) is 3. The lowest BCUT2D eigenvalue weighted by Crippen LogP contribution is -2.36. The number of carbonyl (C=O) groups excluding carboxylic acids is 2. The molecular formula is C17H17NO3. The zero-order chi connectivity index (χ0) is 15.1. The molecule has 2 aromatic carbocycles. The zero-order valence-corrected chi connectivity index (χ0v) is 11.9. The molecule has 0 fully saturated rings. The van der Waals surface area contributed by atoms with Gasteiger partial charge in [-0.05, 0) is 11.1 Å². The molecule has 0 aliphatic heterocycles. The molecule has 21 heavy (non-hydrogen) atoms. The largest absolute Gasteiger partial charge is 0.462 e. The van der Waals surface area contributed by atoms with Gasteiger partial charge in [0.2, 0.25) is 0 Å². The number of esters is 1. The van der Waals surface area contributed by atoms with E-state index in [0.29, 0.717) is 13.1 Å². The van der Waals surface area contributed by atoms with Crippen LogP contribution in [-0.2, 0) is 27.4 Å². The van der Waals surface area contributed by atoms with Crippen LogP contribution in [-0.4, -0.2) is 23.9 Å². The second kappa shape index (κ2) is 7.24. The Morgan fingerprint density at radius 2 is 1.29 bits per heavy atom. The Morgan fingerprint density at radius 1 is 0.857 bits per heavy atom. The van der Waals surface area contributed by atoms with Crippen molar-refractivity contribution in [3.8, 4) is 0 Å². The van der Waals surface area contributed by atoms with Crippen molar-refractivity contribution in [2.45, 2.75) is 13.1 Å². The molecule has 0 saturated heterocycles. The van der Waals surface area contributed by atoms with E-state index in [1.807, 2.05) is 60.7 Å². The van der Waals surface area contributed by atoms with Gasteiger partial charge < -0.3 is 9.64 Å². The van der Waals surface area contributed by atoms with E-state index in [2.05, 4.69) is 4.74 Å². The van der Waals surface area contributed by atoms with Gasteiger partial charge in [0.05, 0.1) is 7.11 Å². The number of hydrogen-bond donors (Lipinski definition) is 0. The summed E-state index contributed by atoms with van der Waals surface area (Å²) in [5.41, 5.74) is 1.93. The van der Waals surface area contributed by atoms with Gasteiger partial charge in [0.25, 0.3) is 0 Å². The number of methoxy groups -OCH3 is 1. The second-order valence-electron chi connectivity index (χ2n) is 4.62. The average Bonchev–Trinajstić information content (AvgIpc) is 2.54. The fourth-order valence-corrected chi connectivity index (χ4v) is 2.02. The van der Waals surface area contributed by atoms with Crippen LogP contribution in [0.3, 0.4) is 0 Å². The topological polar surface area (TPSA) is 46.6 Å². The molecule has 0 aliphatic carbocycles. The molecule has 4 nitrogen and oxygen atoms in total. The fraction of sp³-hybridized carbons (Fsp3) is 0.176. The summed E-state index contributed by atoms with van der Waals surface area (Å²) in [6, 6.07) is 19.1. The van der Waals surface area contributed by atoms with Gasteiger partial charge in [0.1, 0.15) is 0 Å². The third-order valence-corrected chi connectivity index (χ3v) is 3.08. The SMILES string of the molecule is COC(=O)C(=O)N(Cc1ccccc1)Cc1ccccc1. The lowest BCUT2D eigenvalue weighted by Gasteiger charge is -2.21. The van der Waals surface area contributed by atoms with Crippen molar-refractivity contribution < 1.29 is 14.3 Å². The maximum absolute atomic E-state index is 12.1. The van der Waals surface area contributed by atoms with Crippen LogP contribution < -0.4 is 0 Å². The Kier molecular flexibility index (Phi) is 5.10. The molecule has 4 heteroatoms. The molecule has 0 spiro atoms. The monoisotopic (exact) mass is 283 g/mol. The third kappa shape index (κ3) is 4.18. The third-order valence-electron chi connectivity index (χ3n) is 3.08. The van der Waals surface area contributed by atoms with Crippen molar-refractivity contribution in [3.63, 3.8) is 0 Å². The van der Waals surface area contributed by atoms with Gasteiger partial charge in [-0.3, -0.25) is 4.79 Å². The van der Waals surface area contributed by atoms with E-state index in [4.69, 9.17) is 0 Å². The Hall–Kier alpha value is -2.62. The van der Waals surface area contributed by atoms with E-state index in [1.54, 1.807) is 0 Å². The molecule has 0 unspecified atom stereocenters. The van der Waals surface area contributed by atoms with Crippen molar-refractivity contribution in [2.24, 2.45) is 0 Å². The smallest absolute Gasteiger partial charge is 0.396 e. The summed E-state index contributed by atoms with van der Waals surface area (Å²) >= 11 is 0. The van der Waals surface area contributed by atoms with Crippen LogP contribution in [0.1, 0.15) is 11.1 Å². The van der Waals surface area contributed by atoms with E-state index >= 15 is 0 Å². The summed E-state index contributed by atoms with van der Waals surface area (Å²) < 4.78 is 4.54. The van der Waals surface area contributed by atoms with Gasteiger partial charge in [-0.1, -0.05) is 60.7 Å². The van der Waals surface area contributed by atoms with Gasteiger partial charge in [0.15, 0.2) is 0 Å². The average molecular weight is 283 g/mol. The van der Waals surface area contributed by atoms with Crippen molar-refractivity contribution in [1.82, 2.24) is 4.90 Å². The lowest BCUT2D eigenvalue weighted by atomic mass is 10.1. The predicted molar refractivity (Wildman–Crippen MR) is 79.2 cm³/mol. The van der Waals surface area contributed by atoms with Gasteiger partial charge in [-0.15, -0.1) is 0 Å². The maximum Gasteiger partial charge on any atom is 0.396 e. The summed E-state index contributed by atoms with van der Waals surface area (Å²) in [7, 11) is 1.21. The Balaban J connectivity index is 2.18. The van der Waals surface area contributed by atoms with Crippen molar-refractivity contribution in [3.05, 3.63) is 71.8 Å². The van der Waals surface area contributed by atoms with E-state index in [0.717, 1.165) is 11.1 Å². The van der Waals surface area contributed by atoms with Crippen LogP contribution in [0, 0.1) is 0 Å². The molecular weight excluding hydrogens is 266 g/mol. The Morgan fingerprint density at radius 3 is 1.67 bits per heavy atom. The highest BCUT2D eigenvalue weighted by atomic mass is 16.5. The van der Waals surface area contributed by atoms with Gasteiger partial charge in [0, 0.05) is 13.1 Å². The first-order chi connectivity index (χ1) is 10.2. The Labute approximate surface area is 124 Å². The second-order valence-corrected chi connectivity index (χ2v) is 4.62. The summed E-state index contributed by atoms with van der Waals surface area (Å²) in [4.78, 5) is 25.1.